The van der Waals surface area contributed by atoms with Crippen LogP contribution in [0.3, 0.4) is 0 Å². The number of ether oxygens (including phenoxy) is 2. The Bertz CT molecular complexity index is 509. The van der Waals surface area contributed by atoms with Gasteiger partial charge in [-0.3, -0.25) is 4.79 Å². The van der Waals surface area contributed by atoms with E-state index in [1.807, 2.05) is 22.9 Å². The lowest BCUT2D eigenvalue weighted by Gasteiger charge is -2.18. The number of Topliss-reactive ketones (excluding diaryl/α,β-unsaturated/α-hetero) is 1. The van der Waals surface area contributed by atoms with Crippen LogP contribution in [0.25, 0.3) is 0 Å². The van der Waals surface area contributed by atoms with Crippen LogP contribution in [0.5, 0.6) is 0 Å². The lowest BCUT2D eigenvalue weighted by Crippen LogP contribution is -2.15. The Balaban J connectivity index is 2.68. The summed E-state index contributed by atoms with van der Waals surface area (Å²) < 4.78 is 10.6. The largest absolute Gasteiger partial charge is 0.378 e. The molecule has 1 rings (SSSR count). The third-order valence-corrected chi connectivity index (χ3v) is 5.76. The Morgan fingerprint density at radius 2 is 1.83 bits per heavy atom. The van der Waals surface area contributed by atoms with Gasteiger partial charge in [-0.1, -0.05) is 47.6 Å². The molecule has 1 aromatic rings. The molecular weight excluding hydrogens is 342 g/mol. The number of rotatable bonds is 12. The van der Waals surface area contributed by atoms with Gasteiger partial charge < -0.3 is 15.2 Å². The summed E-state index contributed by atoms with van der Waals surface area (Å²) in [5.41, 5.74) is 8.59. The van der Waals surface area contributed by atoms with Crippen LogP contribution in [0.4, 0.5) is 0 Å². The van der Waals surface area contributed by atoms with Crippen LogP contribution in [-0.2, 0) is 9.47 Å². The number of hydrogen-bond acceptors (Lipinski definition) is 6. The molecule has 0 saturated heterocycles. The summed E-state index contributed by atoms with van der Waals surface area (Å²) in [5, 5.41) is 0.400. The van der Waals surface area contributed by atoms with Crippen molar-refractivity contribution in [3.63, 3.8) is 0 Å². The van der Waals surface area contributed by atoms with E-state index < -0.39 is 0 Å². The molecule has 0 fully saturated rings. The molecule has 6 heteroatoms. The molecule has 4 nitrogen and oxygen atoms in total. The van der Waals surface area contributed by atoms with E-state index in [-0.39, 0.29) is 12.4 Å². The Kier molecular flexibility index (Phi) is 10.7. The van der Waals surface area contributed by atoms with Gasteiger partial charge in [0.1, 0.15) is 6.61 Å². The van der Waals surface area contributed by atoms with Gasteiger partial charge in [0.2, 0.25) is 0 Å². The smallest absolute Gasteiger partial charge is 0.188 e. The molecule has 0 bridgehead atoms. The third kappa shape index (κ3) is 7.15. The lowest BCUT2D eigenvalue weighted by atomic mass is 9.92. The zero-order chi connectivity index (χ0) is 17.9. The fraction of sp³-hybridized carbons (Fsp3) is 0.611. The zero-order valence-corrected chi connectivity index (χ0v) is 16.7. The van der Waals surface area contributed by atoms with Gasteiger partial charge >= 0.3 is 0 Å². The summed E-state index contributed by atoms with van der Waals surface area (Å²) in [6.07, 6.45) is 2.09. The first-order valence-corrected chi connectivity index (χ1v) is 10.8. The predicted molar refractivity (Wildman–Crippen MR) is 105 cm³/mol. The average molecular weight is 372 g/mol. The Labute approximate surface area is 153 Å². The minimum atomic E-state index is 0.00690. The van der Waals surface area contributed by atoms with Crippen LogP contribution in [0, 0.1) is 0 Å². The molecule has 2 N–H and O–H groups in total. The van der Waals surface area contributed by atoms with Crippen LogP contribution >= 0.6 is 21.6 Å². The number of hydrogen-bond donors (Lipinski definition) is 1. The minimum Gasteiger partial charge on any atom is -0.378 e. The van der Waals surface area contributed by atoms with E-state index in [0.29, 0.717) is 43.1 Å². The molecule has 136 valence electrons. The third-order valence-electron chi connectivity index (χ3n) is 3.58. The van der Waals surface area contributed by atoms with E-state index in [0.717, 1.165) is 0 Å². The average Bonchev–Trinajstić information content (AvgIpc) is 2.57. The van der Waals surface area contributed by atoms with E-state index >= 15 is 0 Å². The highest BCUT2D eigenvalue weighted by Gasteiger charge is 2.16. The highest BCUT2D eigenvalue weighted by molar-refractivity contribution is 8.76. The molecule has 0 aliphatic carbocycles. The van der Waals surface area contributed by atoms with Crippen LogP contribution in [-0.4, -0.2) is 45.0 Å². The molecule has 1 atom stereocenters. The normalized spacial score (nSPS) is 12.6. The first-order chi connectivity index (χ1) is 11.5. The molecule has 0 spiro atoms. The van der Waals surface area contributed by atoms with Crippen molar-refractivity contribution < 1.29 is 14.3 Å². The predicted octanol–water partition coefficient (Wildman–Crippen LogP) is 4.06. The van der Waals surface area contributed by atoms with Gasteiger partial charge in [0.15, 0.2) is 5.78 Å². The van der Waals surface area contributed by atoms with E-state index in [9.17, 15) is 4.79 Å². The summed E-state index contributed by atoms with van der Waals surface area (Å²) in [4.78, 5) is 12.3. The molecule has 0 aliphatic rings. The fourth-order valence-corrected chi connectivity index (χ4v) is 4.15. The zero-order valence-electron chi connectivity index (χ0n) is 15.0. The summed E-state index contributed by atoms with van der Waals surface area (Å²) in [6, 6.07) is 6.02. The molecule has 0 radical (unpaired) electrons. The first kappa shape index (κ1) is 21.5. The Hall–Kier alpha value is -0.530. The van der Waals surface area contributed by atoms with Crippen molar-refractivity contribution in [1.29, 1.82) is 0 Å². The van der Waals surface area contributed by atoms with Crippen LogP contribution in [0.1, 0.15) is 53.4 Å². The SMILES string of the molecule is CSSC(C)c1ccc(C(=O)COCCOCCN)cc1C(C)C. The van der Waals surface area contributed by atoms with Crippen LogP contribution < -0.4 is 5.73 Å². The lowest BCUT2D eigenvalue weighted by molar-refractivity contribution is 0.0460. The maximum Gasteiger partial charge on any atom is 0.188 e. The van der Waals surface area contributed by atoms with Crippen molar-refractivity contribution in [2.45, 2.75) is 31.9 Å². The van der Waals surface area contributed by atoms with Crippen molar-refractivity contribution in [2.75, 3.05) is 39.2 Å². The second-order valence-electron chi connectivity index (χ2n) is 5.78. The molecule has 1 aromatic carbocycles. The second kappa shape index (κ2) is 11.9. The monoisotopic (exact) mass is 371 g/mol. The van der Waals surface area contributed by atoms with Gasteiger partial charge in [0.05, 0.1) is 19.8 Å². The molecule has 0 aliphatic heterocycles. The van der Waals surface area contributed by atoms with Gasteiger partial charge in [-0.25, -0.2) is 0 Å². The van der Waals surface area contributed by atoms with Crippen LogP contribution in [0.2, 0.25) is 0 Å². The van der Waals surface area contributed by atoms with Gasteiger partial charge in [0, 0.05) is 17.4 Å². The van der Waals surface area contributed by atoms with Crippen LogP contribution in [0.15, 0.2) is 18.2 Å². The van der Waals surface area contributed by atoms with Crippen molar-refractivity contribution >= 4 is 27.4 Å². The number of benzene rings is 1. The van der Waals surface area contributed by atoms with Crippen molar-refractivity contribution in [2.24, 2.45) is 5.73 Å². The van der Waals surface area contributed by atoms with Crippen molar-refractivity contribution in [3.8, 4) is 0 Å². The van der Waals surface area contributed by atoms with Gasteiger partial charge in [0.25, 0.3) is 0 Å². The summed E-state index contributed by atoms with van der Waals surface area (Å²) in [5.74, 6) is 0.385. The number of ketones is 1. The highest BCUT2D eigenvalue weighted by Crippen LogP contribution is 2.39. The molecular formula is C18H29NO3S2. The number of carbonyl (C=O) groups is 1. The van der Waals surface area contributed by atoms with E-state index in [1.165, 1.54) is 11.1 Å². The van der Waals surface area contributed by atoms with Gasteiger partial charge in [-0.2, -0.15) is 0 Å². The van der Waals surface area contributed by atoms with Crippen molar-refractivity contribution in [1.82, 2.24) is 0 Å². The quantitative estimate of drug-likeness (QED) is 0.340. The standard InChI is InChI=1S/C18H29NO3S2/c1-13(2)17-11-15(5-6-16(17)14(3)24-23-4)18(20)12-22-10-9-21-8-7-19/h5-6,11,13-14H,7-10,12,19H2,1-4H3. The fourth-order valence-electron chi connectivity index (χ4n) is 2.37. The minimum absolute atomic E-state index is 0.00690. The topological polar surface area (TPSA) is 61.5 Å². The summed E-state index contributed by atoms with van der Waals surface area (Å²) >= 11 is 0. The maximum absolute atomic E-state index is 12.3. The van der Waals surface area contributed by atoms with E-state index in [4.69, 9.17) is 15.2 Å². The van der Waals surface area contributed by atoms with Crippen molar-refractivity contribution in [3.05, 3.63) is 34.9 Å². The molecule has 1 unspecified atom stereocenters. The van der Waals surface area contributed by atoms with E-state index in [2.05, 4.69) is 33.1 Å². The summed E-state index contributed by atoms with van der Waals surface area (Å²) in [7, 11) is 3.60. The number of carbonyl (C=O) groups excluding carboxylic acids is 1. The summed E-state index contributed by atoms with van der Waals surface area (Å²) in [6.45, 7) is 8.49. The highest BCUT2D eigenvalue weighted by atomic mass is 33.1. The molecule has 0 saturated carbocycles. The Morgan fingerprint density at radius 3 is 2.46 bits per heavy atom. The molecule has 0 heterocycles. The first-order valence-electron chi connectivity index (χ1n) is 8.23. The van der Waals surface area contributed by atoms with E-state index in [1.54, 1.807) is 10.8 Å². The molecule has 0 amide bonds. The Morgan fingerprint density at radius 1 is 1.12 bits per heavy atom. The van der Waals surface area contributed by atoms with Gasteiger partial charge in [-0.05, 0) is 36.3 Å². The van der Waals surface area contributed by atoms with Gasteiger partial charge in [-0.15, -0.1) is 0 Å². The number of nitrogens with two attached hydrogens (primary N) is 1. The maximum atomic E-state index is 12.3. The molecule has 24 heavy (non-hydrogen) atoms. The second-order valence-corrected chi connectivity index (χ2v) is 8.59. The molecule has 0 aromatic heterocycles.